The van der Waals surface area contributed by atoms with Crippen LogP contribution >= 0.6 is 45.2 Å². The SMILES string of the molecule is CC(=O)CCCCc1oc2cc(OCCCO)ccc2c1C(=O)c1cc(I)c(O)c(I)c1. The topological polar surface area (TPSA) is 97.0 Å². The van der Waals surface area contributed by atoms with E-state index in [9.17, 15) is 14.7 Å². The molecule has 0 spiro atoms. The van der Waals surface area contributed by atoms with Crippen molar-refractivity contribution in [2.75, 3.05) is 13.2 Å². The Morgan fingerprint density at radius 1 is 1.06 bits per heavy atom. The van der Waals surface area contributed by atoms with Crippen molar-refractivity contribution in [3.63, 3.8) is 0 Å². The number of ketones is 2. The number of halogens is 2. The fraction of sp³-hybridized carbons (Fsp3) is 0.333. The zero-order chi connectivity index (χ0) is 23.3. The third kappa shape index (κ3) is 6.02. The molecule has 0 saturated heterocycles. The third-order valence-electron chi connectivity index (χ3n) is 4.99. The van der Waals surface area contributed by atoms with Crippen LogP contribution in [-0.4, -0.2) is 35.0 Å². The lowest BCUT2D eigenvalue weighted by Crippen LogP contribution is -2.05. The molecule has 2 N–H and O–H groups in total. The van der Waals surface area contributed by atoms with Crippen molar-refractivity contribution in [3.05, 3.63) is 54.4 Å². The highest BCUT2D eigenvalue weighted by molar-refractivity contribution is 14.1. The molecule has 3 rings (SSSR count). The molecule has 0 aliphatic heterocycles. The molecule has 6 nitrogen and oxygen atoms in total. The molecule has 1 aromatic heterocycles. The molecule has 0 amide bonds. The number of fused-ring (bicyclic) bond motifs is 1. The molecule has 0 unspecified atom stereocenters. The van der Waals surface area contributed by atoms with E-state index in [2.05, 4.69) is 0 Å². The maximum atomic E-state index is 13.5. The van der Waals surface area contributed by atoms with Crippen LogP contribution in [0.25, 0.3) is 11.0 Å². The summed E-state index contributed by atoms with van der Waals surface area (Å²) >= 11 is 4.02. The van der Waals surface area contributed by atoms with Gasteiger partial charge in [0, 0.05) is 42.9 Å². The molecular weight excluding hydrogens is 638 g/mol. The van der Waals surface area contributed by atoms with Crippen molar-refractivity contribution >= 4 is 67.7 Å². The summed E-state index contributed by atoms with van der Waals surface area (Å²) in [6.07, 6.45) is 3.02. The summed E-state index contributed by atoms with van der Waals surface area (Å²) in [6.45, 7) is 2.01. The minimum Gasteiger partial charge on any atom is -0.506 e. The van der Waals surface area contributed by atoms with E-state index < -0.39 is 0 Å². The normalized spacial score (nSPS) is 11.1. The number of aliphatic hydroxyl groups is 1. The van der Waals surface area contributed by atoms with Crippen LogP contribution in [0.4, 0.5) is 0 Å². The first-order valence-electron chi connectivity index (χ1n) is 10.3. The van der Waals surface area contributed by atoms with E-state index in [1.54, 1.807) is 31.2 Å². The molecule has 0 radical (unpaired) electrons. The lowest BCUT2D eigenvalue weighted by Gasteiger charge is -2.07. The number of phenols is 1. The van der Waals surface area contributed by atoms with Gasteiger partial charge in [-0.2, -0.15) is 0 Å². The third-order valence-corrected chi connectivity index (χ3v) is 6.64. The Morgan fingerprint density at radius 3 is 2.44 bits per heavy atom. The Hall–Kier alpha value is -1.66. The van der Waals surface area contributed by atoms with Gasteiger partial charge in [0.15, 0.2) is 5.78 Å². The second-order valence-electron chi connectivity index (χ2n) is 7.51. The average molecular weight is 662 g/mol. The van der Waals surface area contributed by atoms with Gasteiger partial charge in [-0.3, -0.25) is 4.79 Å². The Morgan fingerprint density at radius 2 is 1.78 bits per heavy atom. The number of ether oxygens (including phenoxy) is 1. The zero-order valence-corrected chi connectivity index (χ0v) is 21.9. The minimum absolute atomic E-state index is 0.0519. The van der Waals surface area contributed by atoms with Gasteiger partial charge in [-0.05, 0) is 89.2 Å². The molecule has 170 valence electrons. The molecule has 0 aliphatic rings. The van der Waals surface area contributed by atoms with Crippen molar-refractivity contribution in [1.29, 1.82) is 0 Å². The zero-order valence-electron chi connectivity index (χ0n) is 17.6. The lowest BCUT2D eigenvalue weighted by atomic mass is 9.98. The van der Waals surface area contributed by atoms with E-state index >= 15 is 0 Å². The van der Waals surface area contributed by atoms with Gasteiger partial charge in [-0.1, -0.05) is 0 Å². The largest absolute Gasteiger partial charge is 0.506 e. The van der Waals surface area contributed by atoms with E-state index in [1.807, 2.05) is 51.2 Å². The number of hydrogen-bond donors (Lipinski definition) is 2. The summed E-state index contributed by atoms with van der Waals surface area (Å²) in [4.78, 5) is 24.8. The number of phenolic OH excluding ortho intramolecular Hbond substituents is 1. The number of unbranched alkanes of at least 4 members (excludes halogenated alkanes) is 1. The summed E-state index contributed by atoms with van der Waals surface area (Å²) in [5, 5.41) is 19.7. The Labute approximate surface area is 213 Å². The number of aryl methyl sites for hydroxylation is 1. The minimum atomic E-state index is -0.171. The smallest absolute Gasteiger partial charge is 0.197 e. The Kier molecular flexibility index (Phi) is 8.95. The molecule has 0 bridgehead atoms. The molecule has 8 heteroatoms. The summed E-state index contributed by atoms with van der Waals surface area (Å²) in [5.41, 5.74) is 1.54. The Bertz CT molecular complexity index is 1110. The van der Waals surface area contributed by atoms with Gasteiger partial charge in [0.2, 0.25) is 0 Å². The van der Waals surface area contributed by atoms with Crippen molar-refractivity contribution in [2.45, 2.75) is 39.0 Å². The molecular formula is C24H24I2O6. The number of Topliss-reactive ketones (excluding diaryl/α,β-unsaturated/α-hetero) is 1. The van der Waals surface area contributed by atoms with Gasteiger partial charge in [0.1, 0.15) is 28.6 Å². The van der Waals surface area contributed by atoms with E-state index in [4.69, 9.17) is 14.3 Å². The van der Waals surface area contributed by atoms with Crippen LogP contribution in [0.15, 0.2) is 34.7 Å². The number of furan rings is 1. The van der Waals surface area contributed by atoms with Crippen molar-refractivity contribution < 1.29 is 29.0 Å². The van der Waals surface area contributed by atoms with Gasteiger partial charge in [0.25, 0.3) is 0 Å². The number of carbonyl (C=O) groups is 2. The van der Waals surface area contributed by atoms with Crippen LogP contribution in [0.1, 0.15) is 54.3 Å². The summed E-state index contributed by atoms with van der Waals surface area (Å²) in [5.74, 6) is 1.32. The van der Waals surface area contributed by atoms with Gasteiger partial charge >= 0.3 is 0 Å². The van der Waals surface area contributed by atoms with Crippen LogP contribution in [-0.2, 0) is 11.2 Å². The fourth-order valence-corrected chi connectivity index (χ4v) is 5.17. The molecule has 0 atom stereocenters. The predicted molar refractivity (Wildman–Crippen MR) is 139 cm³/mol. The van der Waals surface area contributed by atoms with Gasteiger partial charge in [-0.25, -0.2) is 0 Å². The number of aromatic hydroxyl groups is 1. The van der Waals surface area contributed by atoms with Crippen LogP contribution < -0.4 is 4.74 Å². The average Bonchev–Trinajstić information content (AvgIpc) is 3.11. The number of benzene rings is 2. The number of carbonyl (C=O) groups excluding carboxylic acids is 2. The molecule has 0 aliphatic carbocycles. The molecule has 2 aromatic carbocycles. The lowest BCUT2D eigenvalue weighted by molar-refractivity contribution is -0.117. The van der Waals surface area contributed by atoms with Crippen molar-refractivity contribution in [1.82, 2.24) is 0 Å². The van der Waals surface area contributed by atoms with E-state index in [1.165, 1.54) is 0 Å². The van der Waals surface area contributed by atoms with Crippen LogP contribution in [0, 0.1) is 7.14 Å². The van der Waals surface area contributed by atoms with Crippen LogP contribution in [0.2, 0.25) is 0 Å². The maximum Gasteiger partial charge on any atom is 0.197 e. The monoisotopic (exact) mass is 662 g/mol. The number of aliphatic hydroxyl groups excluding tert-OH is 1. The quantitative estimate of drug-likeness (QED) is 0.157. The first kappa shape index (κ1) is 25.0. The molecule has 1 heterocycles. The second-order valence-corrected chi connectivity index (χ2v) is 9.83. The maximum absolute atomic E-state index is 13.5. The van der Waals surface area contributed by atoms with E-state index in [0.29, 0.717) is 66.6 Å². The van der Waals surface area contributed by atoms with Crippen molar-refractivity contribution in [3.8, 4) is 11.5 Å². The highest BCUT2D eigenvalue weighted by Crippen LogP contribution is 2.34. The van der Waals surface area contributed by atoms with Gasteiger partial charge in [-0.15, -0.1) is 0 Å². The number of rotatable bonds is 11. The molecule has 0 saturated carbocycles. The molecule has 0 fully saturated rings. The fourth-order valence-electron chi connectivity index (χ4n) is 3.40. The van der Waals surface area contributed by atoms with Gasteiger partial charge in [0.05, 0.1) is 19.3 Å². The van der Waals surface area contributed by atoms with E-state index in [-0.39, 0.29) is 23.9 Å². The highest BCUT2D eigenvalue weighted by atomic mass is 127. The predicted octanol–water partition coefficient (Wildman–Crippen LogP) is 5.64. The number of hydrogen-bond acceptors (Lipinski definition) is 6. The van der Waals surface area contributed by atoms with E-state index in [0.717, 1.165) is 12.8 Å². The van der Waals surface area contributed by atoms with Crippen LogP contribution in [0.5, 0.6) is 11.5 Å². The van der Waals surface area contributed by atoms with Crippen LogP contribution in [0.3, 0.4) is 0 Å². The standard InChI is InChI=1S/C24H24I2O6/c1-14(28)5-2-3-6-20-22(23(29)15-11-18(25)24(30)19(26)12-15)17-8-7-16(13-21(17)32-20)31-10-4-9-27/h7-8,11-13,27,30H,2-6,9-10H2,1H3. The molecule has 32 heavy (non-hydrogen) atoms. The second kappa shape index (κ2) is 11.5. The summed E-state index contributed by atoms with van der Waals surface area (Å²) < 4.78 is 12.9. The van der Waals surface area contributed by atoms with Crippen molar-refractivity contribution in [2.24, 2.45) is 0 Å². The Balaban J connectivity index is 1.99. The first-order chi connectivity index (χ1) is 15.3. The molecule has 3 aromatic rings. The van der Waals surface area contributed by atoms with Gasteiger partial charge < -0.3 is 24.2 Å². The first-order valence-corrected chi connectivity index (χ1v) is 12.5. The summed E-state index contributed by atoms with van der Waals surface area (Å²) in [7, 11) is 0. The summed E-state index contributed by atoms with van der Waals surface area (Å²) in [6, 6.07) is 8.70. The highest BCUT2D eigenvalue weighted by Gasteiger charge is 2.23.